The molecular weight excluding hydrogens is 548 g/mol. The third-order valence-corrected chi connectivity index (χ3v) is 9.89. The molecule has 2 aliphatic rings. The summed E-state index contributed by atoms with van der Waals surface area (Å²) >= 11 is 0. The van der Waals surface area contributed by atoms with E-state index in [-0.39, 0.29) is 0 Å². The average Bonchev–Trinajstić information content (AvgIpc) is 3.60. The maximum Gasteiger partial charge on any atom is 0.142 e. The van der Waals surface area contributed by atoms with Crippen LogP contribution in [0, 0.1) is 11.3 Å². The maximum absolute atomic E-state index is 9.50. The summed E-state index contributed by atoms with van der Waals surface area (Å²) in [6.45, 7) is 0. The number of ether oxygens (including phenoxy) is 1. The Hall–Kier alpha value is -6.11. The summed E-state index contributed by atoms with van der Waals surface area (Å²) in [5.41, 5.74) is 10.7. The lowest BCUT2D eigenvalue weighted by molar-refractivity contribution is 0.442. The largest absolute Gasteiger partial charge is 0.456 e. The van der Waals surface area contributed by atoms with Crippen LogP contribution in [0.2, 0.25) is 0 Å². The van der Waals surface area contributed by atoms with E-state index < -0.39 is 5.41 Å². The summed E-state index contributed by atoms with van der Waals surface area (Å²) in [6, 6.07) is 53.9. The number of hydrogen-bond acceptors (Lipinski definition) is 2. The third kappa shape index (κ3) is 2.98. The van der Waals surface area contributed by atoms with E-state index in [1.54, 1.807) is 0 Å². The van der Waals surface area contributed by atoms with Crippen LogP contribution in [0.5, 0.6) is 11.5 Å². The van der Waals surface area contributed by atoms with Crippen molar-refractivity contribution in [1.82, 2.24) is 4.57 Å². The molecule has 1 spiro atoms. The van der Waals surface area contributed by atoms with Crippen LogP contribution >= 0.6 is 0 Å². The predicted molar refractivity (Wildman–Crippen MR) is 180 cm³/mol. The van der Waals surface area contributed by atoms with Crippen LogP contribution in [-0.2, 0) is 5.41 Å². The number of benzene rings is 7. The molecule has 0 unspecified atom stereocenters. The molecule has 45 heavy (non-hydrogen) atoms. The van der Waals surface area contributed by atoms with E-state index in [0.29, 0.717) is 5.56 Å². The summed E-state index contributed by atoms with van der Waals surface area (Å²) in [7, 11) is 0. The van der Waals surface area contributed by atoms with Gasteiger partial charge < -0.3 is 9.30 Å². The van der Waals surface area contributed by atoms with Gasteiger partial charge in [-0.2, -0.15) is 5.26 Å². The van der Waals surface area contributed by atoms with Gasteiger partial charge in [0, 0.05) is 22.2 Å². The lowest BCUT2D eigenvalue weighted by atomic mass is 9.66. The Morgan fingerprint density at radius 1 is 0.533 bits per heavy atom. The Morgan fingerprint density at radius 2 is 1.16 bits per heavy atom. The van der Waals surface area contributed by atoms with Gasteiger partial charge in [-0.15, -0.1) is 0 Å². The van der Waals surface area contributed by atoms with Crippen LogP contribution in [0.1, 0.15) is 27.8 Å². The van der Waals surface area contributed by atoms with Crippen molar-refractivity contribution < 1.29 is 4.74 Å². The molecule has 208 valence electrons. The molecule has 8 aromatic rings. The molecule has 0 saturated carbocycles. The predicted octanol–water partition coefficient (Wildman–Crippen LogP) is 10.3. The molecule has 2 heterocycles. The van der Waals surface area contributed by atoms with Gasteiger partial charge in [0.2, 0.25) is 0 Å². The van der Waals surface area contributed by atoms with Crippen molar-refractivity contribution in [3.8, 4) is 34.4 Å². The zero-order chi connectivity index (χ0) is 29.7. The lowest BCUT2D eigenvalue weighted by Gasteiger charge is -2.39. The molecule has 1 aliphatic heterocycles. The van der Waals surface area contributed by atoms with Crippen LogP contribution in [-0.4, -0.2) is 4.57 Å². The Kier molecular flexibility index (Phi) is 4.72. The van der Waals surface area contributed by atoms with Crippen LogP contribution in [0.4, 0.5) is 0 Å². The minimum absolute atomic E-state index is 0.529. The van der Waals surface area contributed by atoms with E-state index in [0.717, 1.165) is 44.7 Å². The second kappa shape index (κ2) is 8.72. The Labute approximate surface area is 259 Å². The average molecular weight is 573 g/mol. The molecule has 0 N–H and O–H groups in total. The fraction of sp³-hybridized carbons (Fsp3) is 0.0238. The number of fused-ring (bicyclic) bond motifs is 15. The summed E-state index contributed by atoms with van der Waals surface area (Å²) < 4.78 is 9.40. The molecule has 3 heteroatoms. The number of para-hydroxylation sites is 1. The molecule has 0 bridgehead atoms. The van der Waals surface area contributed by atoms with Gasteiger partial charge in [-0.1, -0.05) is 103 Å². The van der Waals surface area contributed by atoms with Crippen LogP contribution in [0.15, 0.2) is 146 Å². The first-order valence-electron chi connectivity index (χ1n) is 15.3. The second-order valence-electron chi connectivity index (χ2n) is 12.0. The normalized spacial score (nSPS) is 13.7. The smallest absolute Gasteiger partial charge is 0.142 e. The van der Waals surface area contributed by atoms with Gasteiger partial charge in [0.25, 0.3) is 0 Å². The standard InChI is InChI=1S/C42H24N2O/c43-25-26-17-20-28(21-18-26)44-36-23-19-27-9-1-2-10-29(27)39(36)40-37(44)24-22-35-41(40)45-38-16-8-7-15-34(38)42(35)32-13-5-3-11-30(32)31-12-4-6-14-33(31)42/h1-24H. The quantitative estimate of drug-likeness (QED) is 0.196. The van der Waals surface area contributed by atoms with Gasteiger partial charge in [0.1, 0.15) is 11.5 Å². The molecule has 7 aromatic carbocycles. The Bertz CT molecular complexity index is 2540. The summed E-state index contributed by atoms with van der Waals surface area (Å²) in [4.78, 5) is 0. The fourth-order valence-corrected chi connectivity index (χ4v) is 8.14. The first kappa shape index (κ1) is 24.3. The van der Waals surface area contributed by atoms with Crippen molar-refractivity contribution in [2.45, 2.75) is 5.41 Å². The highest BCUT2D eigenvalue weighted by Crippen LogP contribution is 2.63. The summed E-state index contributed by atoms with van der Waals surface area (Å²) in [5.74, 6) is 1.77. The number of hydrogen-bond donors (Lipinski definition) is 0. The van der Waals surface area contributed by atoms with E-state index in [2.05, 4.69) is 132 Å². The topological polar surface area (TPSA) is 38.0 Å². The number of rotatable bonds is 1. The molecule has 10 rings (SSSR count). The molecule has 1 aromatic heterocycles. The van der Waals surface area contributed by atoms with E-state index in [4.69, 9.17) is 4.74 Å². The van der Waals surface area contributed by atoms with Gasteiger partial charge in [-0.05, 0) is 75.5 Å². The van der Waals surface area contributed by atoms with Crippen LogP contribution in [0.25, 0.3) is 49.4 Å². The molecule has 0 radical (unpaired) electrons. The van der Waals surface area contributed by atoms with Crippen molar-refractivity contribution >= 4 is 32.6 Å². The van der Waals surface area contributed by atoms with E-state index in [1.165, 1.54) is 38.4 Å². The van der Waals surface area contributed by atoms with E-state index >= 15 is 0 Å². The van der Waals surface area contributed by atoms with Gasteiger partial charge in [-0.25, -0.2) is 0 Å². The minimum Gasteiger partial charge on any atom is -0.456 e. The molecule has 0 fully saturated rings. The zero-order valence-corrected chi connectivity index (χ0v) is 24.2. The van der Waals surface area contributed by atoms with E-state index in [9.17, 15) is 5.26 Å². The number of aromatic nitrogens is 1. The monoisotopic (exact) mass is 572 g/mol. The molecule has 1 aliphatic carbocycles. The van der Waals surface area contributed by atoms with Crippen molar-refractivity contribution in [3.05, 3.63) is 173 Å². The lowest BCUT2D eigenvalue weighted by Crippen LogP contribution is -2.32. The highest BCUT2D eigenvalue weighted by Gasteiger charge is 2.51. The van der Waals surface area contributed by atoms with Crippen molar-refractivity contribution in [2.75, 3.05) is 0 Å². The van der Waals surface area contributed by atoms with Gasteiger partial charge in [0.05, 0.1) is 33.5 Å². The van der Waals surface area contributed by atoms with Gasteiger partial charge in [0.15, 0.2) is 0 Å². The summed E-state index contributed by atoms with van der Waals surface area (Å²) in [6.07, 6.45) is 0. The highest BCUT2D eigenvalue weighted by atomic mass is 16.5. The number of nitriles is 1. The minimum atomic E-state index is -0.529. The van der Waals surface area contributed by atoms with Crippen molar-refractivity contribution in [2.24, 2.45) is 0 Å². The third-order valence-electron chi connectivity index (χ3n) is 9.89. The number of nitrogens with zero attached hydrogens (tertiary/aromatic N) is 2. The highest BCUT2D eigenvalue weighted by molar-refractivity contribution is 6.23. The molecule has 0 amide bonds. The molecule has 3 nitrogen and oxygen atoms in total. The van der Waals surface area contributed by atoms with Gasteiger partial charge in [-0.3, -0.25) is 0 Å². The molecule has 0 atom stereocenters. The van der Waals surface area contributed by atoms with Crippen molar-refractivity contribution in [1.29, 1.82) is 5.26 Å². The SMILES string of the molecule is N#Cc1ccc(-n2c3ccc4c(c3c3c5ccccc5ccc32)Oc2ccccc2C42c3ccccc3-c3ccccc32)cc1. The fourth-order valence-electron chi connectivity index (χ4n) is 8.14. The second-order valence-corrected chi connectivity index (χ2v) is 12.0. The molecular formula is C42H24N2O. The summed E-state index contributed by atoms with van der Waals surface area (Å²) in [5, 5.41) is 14.1. The Morgan fingerprint density at radius 3 is 1.91 bits per heavy atom. The molecule has 0 saturated heterocycles. The van der Waals surface area contributed by atoms with Crippen LogP contribution < -0.4 is 4.74 Å². The first-order valence-corrected chi connectivity index (χ1v) is 15.3. The Balaban J connectivity index is 1.42. The van der Waals surface area contributed by atoms with Gasteiger partial charge >= 0.3 is 0 Å². The first-order chi connectivity index (χ1) is 22.3. The zero-order valence-electron chi connectivity index (χ0n) is 24.2. The maximum atomic E-state index is 9.50. The van der Waals surface area contributed by atoms with Crippen molar-refractivity contribution in [3.63, 3.8) is 0 Å². The van der Waals surface area contributed by atoms with Crippen LogP contribution in [0.3, 0.4) is 0 Å². The van der Waals surface area contributed by atoms with E-state index in [1.807, 2.05) is 24.3 Å².